The monoisotopic (exact) mass is 344 g/mol. The Morgan fingerprint density at radius 2 is 1.80 bits per heavy atom. The van der Waals surface area contributed by atoms with Crippen molar-refractivity contribution in [1.82, 2.24) is 19.7 Å². The van der Waals surface area contributed by atoms with E-state index in [0.717, 1.165) is 12.2 Å². The highest BCUT2D eigenvalue weighted by atomic mass is 16.5. The molecule has 3 aromatic rings. The van der Waals surface area contributed by atoms with Gasteiger partial charge in [0, 0.05) is 24.4 Å². The van der Waals surface area contributed by atoms with E-state index in [1.165, 1.54) is 0 Å². The van der Waals surface area contributed by atoms with E-state index in [-0.39, 0.29) is 0 Å². The summed E-state index contributed by atoms with van der Waals surface area (Å²) in [6.45, 7) is 2.55. The van der Waals surface area contributed by atoms with Crippen molar-refractivity contribution in [2.45, 2.75) is 19.9 Å². The van der Waals surface area contributed by atoms with Crippen LogP contribution in [0.3, 0.4) is 0 Å². The lowest BCUT2D eigenvalue weighted by atomic mass is 10.2. The van der Waals surface area contributed by atoms with E-state index in [0.29, 0.717) is 41.1 Å². The fourth-order valence-electron chi connectivity index (χ4n) is 2.59. The van der Waals surface area contributed by atoms with Gasteiger partial charge in [-0.15, -0.1) is 0 Å². The third-order valence-corrected chi connectivity index (χ3v) is 3.81. The summed E-state index contributed by atoms with van der Waals surface area (Å²) in [5.41, 5.74) is 0.689. The van der Waals surface area contributed by atoms with Crippen LogP contribution in [0.5, 0.6) is 17.2 Å². The van der Waals surface area contributed by atoms with Gasteiger partial charge in [0.25, 0.3) is 5.89 Å². The van der Waals surface area contributed by atoms with E-state index in [1.807, 2.05) is 10.8 Å². The molecule has 0 saturated carbocycles. The van der Waals surface area contributed by atoms with Gasteiger partial charge in [0.1, 0.15) is 5.82 Å². The zero-order chi connectivity index (χ0) is 17.8. The molecule has 0 fully saturated rings. The lowest BCUT2D eigenvalue weighted by molar-refractivity contribution is 0.324. The topological polar surface area (TPSA) is 84.4 Å². The highest BCUT2D eigenvalue weighted by Crippen LogP contribution is 2.40. The number of imidazole rings is 1. The SMILES string of the molecule is CCc1nccn1Cc1noc(-c2cc(OC)c(OC)c(OC)c2)n1. The molecule has 0 amide bonds. The molecule has 2 heterocycles. The lowest BCUT2D eigenvalue weighted by Gasteiger charge is -2.12. The van der Waals surface area contributed by atoms with Crippen LogP contribution in [0.15, 0.2) is 29.0 Å². The van der Waals surface area contributed by atoms with Gasteiger partial charge in [-0.05, 0) is 12.1 Å². The van der Waals surface area contributed by atoms with Crippen LogP contribution in [0, 0.1) is 0 Å². The van der Waals surface area contributed by atoms with Crippen LogP contribution < -0.4 is 14.2 Å². The average Bonchev–Trinajstić information content (AvgIpc) is 3.29. The van der Waals surface area contributed by atoms with Crippen LogP contribution in [0.4, 0.5) is 0 Å². The van der Waals surface area contributed by atoms with E-state index < -0.39 is 0 Å². The standard InChI is InChI=1S/C17H20N4O4/c1-5-15-18-6-7-21(15)10-14-19-17(25-20-14)11-8-12(22-2)16(24-4)13(9-11)23-3/h6-9H,5,10H2,1-4H3. The minimum atomic E-state index is 0.382. The third-order valence-electron chi connectivity index (χ3n) is 3.81. The van der Waals surface area contributed by atoms with Gasteiger partial charge in [-0.2, -0.15) is 4.98 Å². The molecule has 0 saturated heterocycles. The Labute approximate surface area is 145 Å². The zero-order valence-electron chi connectivity index (χ0n) is 14.6. The number of hydrogen-bond donors (Lipinski definition) is 0. The second-order valence-electron chi connectivity index (χ2n) is 5.25. The number of aryl methyl sites for hydroxylation is 1. The fraction of sp³-hybridized carbons (Fsp3) is 0.353. The van der Waals surface area contributed by atoms with E-state index in [2.05, 4.69) is 22.0 Å². The average molecular weight is 344 g/mol. The Balaban J connectivity index is 1.92. The van der Waals surface area contributed by atoms with E-state index in [4.69, 9.17) is 18.7 Å². The molecule has 0 atom stereocenters. The van der Waals surface area contributed by atoms with Crippen molar-refractivity contribution in [3.8, 4) is 28.7 Å². The first-order chi connectivity index (χ1) is 12.2. The molecule has 1 aromatic carbocycles. The Kier molecular flexibility index (Phi) is 4.87. The lowest BCUT2D eigenvalue weighted by Crippen LogP contribution is -2.04. The Morgan fingerprint density at radius 3 is 2.40 bits per heavy atom. The highest BCUT2D eigenvalue weighted by molar-refractivity contribution is 5.65. The molecular weight excluding hydrogens is 324 g/mol. The van der Waals surface area contributed by atoms with Gasteiger partial charge < -0.3 is 23.3 Å². The first-order valence-electron chi connectivity index (χ1n) is 7.83. The molecule has 8 nitrogen and oxygen atoms in total. The summed E-state index contributed by atoms with van der Waals surface area (Å²) in [6, 6.07) is 3.54. The third kappa shape index (κ3) is 3.28. The second-order valence-corrected chi connectivity index (χ2v) is 5.25. The molecule has 3 rings (SSSR count). The van der Waals surface area contributed by atoms with Crippen LogP contribution in [-0.2, 0) is 13.0 Å². The number of methoxy groups -OCH3 is 3. The smallest absolute Gasteiger partial charge is 0.258 e. The van der Waals surface area contributed by atoms with Crippen molar-refractivity contribution >= 4 is 0 Å². The maximum Gasteiger partial charge on any atom is 0.258 e. The summed E-state index contributed by atoms with van der Waals surface area (Å²) in [5.74, 6) is 3.49. The van der Waals surface area contributed by atoms with Gasteiger partial charge >= 0.3 is 0 Å². The van der Waals surface area contributed by atoms with Crippen LogP contribution in [-0.4, -0.2) is 41.0 Å². The molecular formula is C17H20N4O4. The number of rotatable bonds is 7. The molecule has 2 aromatic heterocycles. The van der Waals surface area contributed by atoms with Crippen molar-refractivity contribution < 1.29 is 18.7 Å². The van der Waals surface area contributed by atoms with Crippen LogP contribution >= 0.6 is 0 Å². The van der Waals surface area contributed by atoms with Gasteiger partial charge in [-0.1, -0.05) is 12.1 Å². The molecule has 0 aliphatic heterocycles. The zero-order valence-corrected chi connectivity index (χ0v) is 14.6. The molecule has 0 aliphatic carbocycles. The molecule has 0 N–H and O–H groups in total. The molecule has 8 heteroatoms. The van der Waals surface area contributed by atoms with Gasteiger partial charge in [0.2, 0.25) is 5.75 Å². The summed E-state index contributed by atoms with van der Waals surface area (Å²) < 4.78 is 23.4. The van der Waals surface area contributed by atoms with E-state index in [9.17, 15) is 0 Å². The molecule has 0 spiro atoms. The number of nitrogens with zero attached hydrogens (tertiary/aromatic N) is 4. The molecule has 0 unspecified atom stereocenters. The molecule has 25 heavy (non-hydrogen) atoms. The summed E-state index contributed by atoms with van der Waals surface area (Å²) in [5, 5.41) is 4.05. The Hall–Kier alpha value is -3.03. The van der Waals surface area contributed by atoms with E-state index >= 15 is 0 Å². The molecule has 0 bridgehead atoms. The maximum atomic E-state index is 5.40. The first-order valence-corrected chi connectivity index (χ1v) is 7.83. The maximum absolute atomic E-state index is 5.40. The predicted molar refractivity (Wildman–Crippen MR) is 90.1 cm³/mol. The van der Waals surface area contributed by atoms with Crippen LogP contribution in [0.2, 0.25) is 0 Å². The van der Waals surface area contributed by atoms with E-state index in [1.54, 1.807) is 39.7 Å². The summed E-state index contributed by atoms with van der Waals surface area (Å²) >= 11 is 0. The number of ether oxygens (including phenoxy) is 3. The molecule has 132 valence electrons. The fourth-order valence-corrected chi connectivity index (χ4v) is 2.59. The summed E-state index contributed by atoms with van der Waals surface area (Å²) in [7, 11) is 4.68. The highest BCUT2D eigenvalue weighted by Gasteiger charge is 2.18. The minimum absolute atomic E-state index is 0.382. The van der Waals surface area contributed by atoms with Gasteiger partial charge in [-0.25, -0.2) is 4.98 Å². The summed E-state index contributed by atoms with van der Waals surface area (Å²) in [6.07, 6.45) is 4.50. The van der Waals surface area contributed by atoms with Crippen LogP contribution in [0.25, 0.3) is 11.5 Å². The van der Waals surface area contributed by atoms with Crippen molar-refractivity contribution in [2.75, 3.05) is 21.3 Å². The molecule has 0 radical (unpaired) electrons. The normalized spacial score (nSPS) is 10.7. The van der Waals surface area contributed by atoms with Crippen molar-refractivity contribution in [1.29, 1.82) is 0 Å². The van der Waals surface area contributed by atoms with Crippen molar-refractivity contribution in [2.24, 2.45) is 0 Å². The van der Waals surface area contributed by atoms with Gasteiger partial charge in [0.05, 0.1) is 27.9 Å². The van der Waals surface area contributed by atoms with Gasteiger partial charge in [-0.3, -0.25) is 0 Å². The van der Waals surface area contributed by atoms with Crippen molar-refractivity contribution in [3.05, 3.63) is 36.2 Å². The number of benzene rings is 1. The first kappa shape index (κ1) is 16.8. The Bertz CT molecular complexity index is 831. The minimum Gasteiger partial charge on any atom is -0.493 e. The van der Waals surface area contributed by atoms with Crippen LogP contribution in [0.1, 0.15) is 18.6 Å². The summed E-state index contributed by atoms with van der Waals surface area (Å²) in [4.78, 5) is 8.75. The van der Waals surface area contributed by atoms with Gasteiger partial charge in [0.15, 0.2) is 17.3 Å². The molecule has 0 aliphatic rings. The Morgan fingerprint density at radius 1 is 1.08 bits per heavy atom. The second kappa shape index (κ2) is 7.25. The quantitative estimate of drug-likeness (QED) is 0.651. The van der Waals surface area contributed by atoms with Crippen molar-refractivity contribution in [3.63, 3.8) is 0 Å². The number of hydrogen-bond acceptors (Lipinski definition) is 7. The number of aromatic nitrogens is 4. The predicted octanol–water partition coefficient (Wildman–Crippen LogP) is 2.57. The largest absolute Gasteiger partial charge is 0.493 e.